The van der Waals surface area contributed by atoms with Crippen LogP contribution < -0.4 is 15.4 Å². The number of amides is 1. The Morgan fingerprint density at radius 1 is 1.11 bits per heavy atom. The van der Waals surface area contributed by atoms with Crippen molar-refractivity contribution in [3.63, 3.8) is 0 Å². The number of benzene rings is 1. The number of nitrogens with one attached hydrogen (secondary N) is 2. The summed E-state index contributed by atoms with van der Waals surface area (Å²) < 4.78 is 5.38. The molecule has 2 aromatic heterocycles. The number of carbonyl (C=O) groups excluding carboxylic acids is 1. The van der Waals surface area contributed by atoms with Crippen molar-refractivity contribution in [2.24, 2.45) is 0 Å². The van der Waals surface area contributed by atoms with Crippen molar-refractivity contribution in [2.75, 3.05) is 12.4 Å². The number of methoxy groups -OCH3 is 1. The Kier molecular flexibility index (Phi) is 5.61. The van der Waals surface area contributed by atoms with Crippen LogP contribution >= 0.6 is 0 Å². The number of pyridine rings is 1. The summed E-state index contributed by atoms with van der Waals surface area (Å²) in [5, 5.41) is 6.03. The molecule has 0 fully saturated rings. The average Bonchev–Trinajstić information content (AvgIpc) is 2.66. The predicted octanol–water partition coefficient (Wildman–Crippen LogP) is 3.17. The van der Waals surface area contributed by atoms with Gasteiger partial charge in [-0.05, 0) is 43.7 Å². The fourth-order valence-electron chi connectivity index (χ4n) is 2.57. The molecule has 138 valence electrons. The summed E-state index contributed by atoms with van der Waals surface area (Å²) in [7, 11) is 1.61. The third kappa shape index (κ3) is 4.78. The SMILES string of the molecule is COc1ccc(C)cc1Nc1cc(C(=O)NCc2ccccn2)nc(C)n1. The molecule has 7 nitrogen and oxygen atoms in total. The van der Waals surface area contributed by atoms with E-state index in [1.807, 2.05) is 43.3 Å². The Labute approximate surface area is 157 Å². The highest BCUT2D eigenvalue weighted by Crippen LogP contribution is 2.28. The molecule has 1 amide bonds. The van der Waals surface area contributed by atoms with Crippen molar-refractivity contribution in [2.45, 2.75) is 20.4 Å². The fraction of sp³-hybridized carbons (Fsp3) is 0.200. The van der Waals surface area contributed by atoms with Gasteiger partial charge in [-0.15, -0.1) is 0 Å². The van der Waals surface area contributed by atoms with E-state index in [9.17, 15) is 4.79 Å². The molecule has 3 rings (SSSR count). The molecule has 0 saturated carbocycles. The number of aromatic nitrogens is 3. The van der Waals surface area contributed by atoms with Gasteiger partial charge in [-0.1, -0.05) is 12.1 Å². The lowest BCUT2D eigenvalue weighted by Crippen LogP contribution is -2.24. The summed E-state index contributed by atoms with van der Waals surface area (Å²) in [5.41, 5.74) is 2.92. The number of ether oxygens (including phenoxy) is 1. The van der Waals surface area contributed by atoms with Gasteiger partial charge in [0, 0.05) is 12.3 Å². The molecular weight excluding hydrogens is 342 g/mol. The zero-order valence-corrected chi connectivity index (χ0v) is 15.5. The molecule has 0 spiro atoms. The number of carbonyl (C=O) groups is 1. The average molecular weight is 363 g/mol. The van der Waals surface area contributed by atoms with E-state index in [4.69, 9.17) is 4.74 Å². The van der Waals surface area contributed by atoms with E-state index in [0.29, 0.717) is 23.9 Å². The van der Waals surface area contributed by atoms with E-state index >= 15 is 0 Å². The molecule has 0 bridgehead atoms. The first kappa shape index (κ1) is 18.3. The fourth-order valence-corrected chi connectivity index (χ4v) is 2.57. The Hall–Kier alpha value is -3.48. The van der Waals surface area contributed by atoms with Crippen molar-refractivity contribution >= 4 is 17.4 Å². The summed E-state index contributed by atoms with van der Waals surface area (Å²) in [5.74, 6) is 1.42. The molecule has 0 saturated heterocycles. The maximum atomic E-state index is 12.5. The van der Waals surface area contributed by atoms with Gasteiger partial charge in [-0.2, -0.15) is 0 Å². The molecule has 0 radical (unpaired) electrons. The van der Waals surface area contributed by atoms with Crippen LogP contribution in [0.2, 0.25) is 0 Å². The van der Waals surface area contributed by atoms with E-state index in [2.05, 4.69) is 25.6 Å². The predicted molar refractivity (Wildman–Crippen MR) is 103 cm³/mol. The molecule has 27 heavy (non-hydrogen) atoms. The standard InChI is InChI=1S/C20H21N5O2/c1-13-7-8-18(27-3)16(10-13)25-19-11-17(23-14(2)24-19)20(26)22-12-15-6-4-5-9-21-15/h4-11H,12H2,1-3H3,(H,22,26)(H,23,24,25). The van der Waals surface area contributed by atoms with Crippen LogP contribution in [0.1, 0.15) is 27.6 Å². The highest BCUT2D eigenvalue weighted by Gasteiger charge is 2.12. The van der Waals surface area contributed by atoms with E-state index in [-0.39, 0.29) is 11.6 Å². The van der Waals surface area contributed by atoms with Crippen LogP contribution in [0, 0.1) is 13.8 Å². The van der Waals surface area contributed by atoms with Gasteiger partial charge in [0.05, 0.1) is 25.0 Å². The van der Waals surface area contributed by atoms with Gasteiger partial charge in [-0.3, -0.25) is 9.78 Å². The first-order valence-corrected chi connectivity index (χ1v) is 8.50. The molecule has 2 N–H and O–H groups in total. The zero-order chi connectivity index (χ0) is 19.2. The second-order valence-electron chi connectivity index (χ2n) is 6.02. The highest BCUT2D eigenvalue weighted by molar-refractivity contribution is 5.93. The second kappa shape index (κ2) is 8.27. The molecule has 0 aliphatic carbocycles. The van der Waals surface area contributed by atoms with Crippen LogP contribution in [-0.4, -0.2) is 28.0 Å². The van der Waals surface area contributed by atoms with Crippen LogP contribution in [0.5, 0.6) is 5.75 Å². The first-order valence-electron chi connectivity index (χ1n) is 8.50. The number of hydrogen-bond donors (Lipinski definition) is 2. The Morgan fingerprint density at radius 3 is 2.70 bits per heavy atom. The third-order valence-corrected chi connectivity index (χ3v) is 3.84. The van der Waals surface area contributed by atoms with Crippen molar-refractivity contribution in [1.82, 2.24) is 20.3 Å². The summed E-state index contributed by atoms with van der Waals surface area (Å²) in [6.45, 7) is 4.07. The van der Waals surface area contributed by atoms with E-state index in [1.54, 1.807) is 26.3 Å². The molecule has 0 aliphatic rings. The van der Waals surface area contributed by atoms with Crippen LogP contribution in [-0.2, 0) is 6.54 Å². The monoisotopic (exact) mass is 363 g/mol. The Bertz CT molecular complexity index is 944. The quantitative estimate of drug-likeness (QED) is 0.699. The smallest absolute Gasteiger partial charge is 0.270 e. The molecule has 1 aromatic carbocycles. The van der Waals surface area contributed by atoms with E-state index < -0.39 is 0 Å². The maximum Gasteiger partial charge on any atom is 0.270 e. The summed E-state index contributed by atoms with van der Waals surface area (Å²) in [6, 6.07) is 13.0. The van der Waals surface area contributed by atoms with Crippen molar-refractivity contribution < 1.29 is 9.53 Å². The van der Waals surface area contributed by atoms with Gasteiger partial charge in [0.1, 0.15) is 23.1 Å². The van der Waals surface area contributed by atoms with Crippen LogP contribution in [0.4, 0.5) is 11.5 Å². The maximum absolute atomic E-state index is 12.5. The number of hydrogen-bond acceptors (Lipinski definition) is 6. The molecule has 3 aromatic rings. The summed E-state index contributed by atoms with van der Waals surface area (Å²) in [4.78, 5) is 25.3. The normalized spacial score (nSPS) is 10.3. The van der Waals surface area contributed by atoms with Gasteiger partial charge >= 0.3 is 0 Å². The molecule has 2 heterocycles. The number of anilines is 2. The first-order chi connectivity index (χ1) is 13.0. The van der Waals surface area contributed by atoms with Crippen LogP contribution in [0.3, 0.4) is 0 Å². The third-order valence-electron chi connectivity index (χ3n) is 3.84. The molecule has 7 heteroatoms. The minimum absolute atomic E-state index is 0.285. The number of aryl methyl sites for hydroxylation is 2. The summed E-state index contributed by atoms with van der Waals surface area (Å²) >= 11 is 0. The zero-order valence-electron chi connectivity index (χ0n) is 15.5. The van der Waals surface area contributed by atoms with Crippen molar-refractivity contribution in [3.8, 4) is 5.75 Å². The van der Waals surface area contributed by atoms with E-state index in [1.165, 1.54) is 0 Å². The van der Waals surface area contributed by atoms with Crippen LogP contribution in [0.15, 0.2) is 48.7 Å². The lowest BCUT2D eigenvalue weighted by molar-refractivity contribution is 0.0945. The van der Waals surface area contributed by atoms with Crippen LogP contribution in [0.25, 0.3) is 0 Å². The van der Waals surface area contributed by atoms with Gasteiger partial charge in [0.25, 0.3) is 5.91 Å². The molecule has 0 atom stereocenters. The highest BCUT2D eigenvalue weighted by atomic mass is 16.5. The van der Waals surface area contributed by atoms with Gasteiger partial charge < -0.3 is 15.4 Å². The Balaban J connectivity index is 1.78. The van der Waals surface area contributed by atoms with Gasteiger partial charge in [0.15, 0.2) is 0 Å². The lowest BCUT2D eigenvalue weighted by atomic mass is 10.2. The number of rotatable bonds is 6. The Morgan fingerprint density at radius 2 is 1.96 bits per heavy atom. The lowest BCUT2D eigenvalue weighted by Gasteiger charge is -2.12. The molecule has 0 aliphatic heterocycles. The second-order valence-corrected chi connectivity index (χ2v) is 6.02. The molecular formula is C20H21N5O2. The van der Waals surface area contributed by atoms with Gasteiger partial charge in [0.2, 0.25) is 0 Å². The topological polar surface area (TPSA) is 89.0 Å². The molecule has 0 unspecified atom stereocenters. The minimum atomic E-state index is -0.287. The summed E-state index contributed by atoms with van der Waals surface area (Å²) in [6.07, 6.45) is 1.69. The van der Waals surface area contributed by atoms with Gasteiger partial charge in [-0.25, -0.2) is 9.97 Å². The number of nitrogens with zero attached hydrogens (tertiary/aromatic N) is 3. The van der Waals surface area contributed by atoms with Crippen molar-refractivity contribution in [1.29, 1.82) is 0 Å². The minimum Gasteiger partial charge on any atom is -0.495 e. The largest absolute Gasteiger partial charge is 0.495 e. The van der Waals surface area contributed by atoms with E-state index in [0.717, 1.165) is 16.9 Å². The van der Waals surface area contributed by atoms with Crippen molar-refractivity contribution in [3.05, 3.63) is 71.4 Å².